The standard InChI is InChI=1S/C20H27N3O/c1-2-6-19-18(4-1)5-3-7-20(19)23-12-10-21(11-13-23)8-9-22-14-16-24-17-15-22/h1-7H,8-17H2. The first kappa shape index (κ1) is 15.9. The quantitative estimate of drug-likeness (QED) is 0.858. The van der Waals surface area contributed by atoms with E-state index in [4.69, 9.17) is 4.74 Å². The van der Waals surface area contributed by atoms with Gasteiger partial charge in [0, 0.05) is 63.4 Å². The lowest BCUT2D eigenvalue weighted by Gasteiger charge is -2.38. The molecule has 0 aliphatic carbocycles. The molecule has 4 rings (SSSR count). The summed E-state index contributed by atoms with van der Waals surface area (Å²) >= 11 is 0. The van der Waals surface area contributed by atoms with Crippen LogP contribution in [0, 0.1) is 0 Å². The molecule has 4 heteroatoms. The summed E-state index contributed by atoms with van der Waals surface area (Å²) in [5.74, 6) is 0. The summed E-state index contributed by atoms with van der Waals surface area (Å²) in [6.45, 7) is 10.9. The first-order valence-electron chi connectivity index (χ1n) is 9.15. The number of piperazine rings is 1. The number of hydrogen-bond donors (Lipinski definition) is 0. The van der Waals surface area contributed by atoms with Crippen LogP contribution < -0.4 is 4.90 Å². The number of morpholine rings is 1. The molecule has 0 amide bonds. The zero-order valence-corrected chi connectivity index (χ0v) is 14.4. The number of rotatable bonds is 4. The zero-order chi connectivity index (χ0) is 16.2. The van der Waals surface area contributed by atoms with Gasteiger partial charge in [-0.25, -0.2) is 0 Å². The van der Waals surface area contributed by atoms with Crippen LogP contribution in [0.25, 0.3) is 10.8 Å². The lowest BCUT2D eigenvalue weighted by Crippen LogP contribution is -2.49. The van der Waals surface area contributed by atoms with Crippen LogP contribution in [0.4, 0.5) is 5.69 Å². The van der Waals surface area contributed by atoms with E-state index in [1.165, 1.54) is 29.5 Å². The Kier molecular flexibility index (Phi) is 4.97. The number of benzene rings is 2. The van der Waals surface area contributed by atoms with Crippen molar-refractivity contribution >= 4 is 16.5 Å². The molecule has 2 aromatic rings. The van der Waals surface area contributed by atoms with Gasteiger partial charge in [0.2, 0.25) is 0 Å². The van der Waals surface area contributed by atoms with E-state index < -0.39 is 0 Å². The third-order valence-electron chi connectivity index (χ3n) is 5.32. The van der Waals surface area contributed by atoms with E-state index in [-0.39, 0.29) is 0 Å². The predicted octanol–water partition coefficient (Wildman–Crippen LogP) is 2.29. The number of ether oxygens (including phenoxy) is 1. The van der Waals surface area contributed by atoms with Crippen LogP contribution in [0.5, 0.6) is 0 Å². The van der Waals surface area contributed by atoms with Gasteiger partial charge in [-0.15, -0.1) is 0 Å². The number of hydrogen-bond acceptors (Lipinski definition) is 4. The average Bonchev–Trinajstić information content (AvgIpc) is 2.67. The molecule has 2 heterocycles. The minimum atomic E-state index is 0.898. The highest BCUT2D eigenvalue weighted by atomic mass is 16.5. The Bertz CT molecular complexity index is 655. The monoisotopic (exact) mass is 325 g/mol. The van der Waals surface area contributed by atoms with Crippen LogP contribution in [-0.4, -0.2) is 75.4 Å². The topological polar surface area (TPSA) is 19.0 Å². The van der Waals surface area contributed by atoms with Crippen molar-refractivity contribution in [2.45, 2.75) is 0 Å². The van der Waals surface area contributed by atoms with Crippen LogP contribution in [-0.2, 0) is 4.74 Å². The van der Waals surface area contributed by atoms with Crippen molar-refractivity contribution in [1.82, 2.24) is 9.80 Å². The van der Waals surface area contributed by atoms with E-state index >= 15 is 0 Å². The molecular formula is C20H27N3O. The molecule has 0 atom stereocenters. The lowest BCUT2D eigenvalue weighted by atomic mass is 10.1. The molecule has 0 bridgehead atoms. The van der Waals surface area contributed by atoms with E-state index in [2.05, 4.69) is 57.2 Å². The van der Waals surface area contributed by atoms with Gasteiger partial charge in [-0.3, -0.25) is 9.80 Å². The fourth-order valence-electron chi connectivity index (χ4n) is 3.80. The van der Waals surface area contributed by atoms with Gasteiger partial charge in [0.25, 0.3) is 0 Å². The second kappa shape index (κ2) is 7.51. The Morgan fingerprint density at radius 3 is 2.17 bits per heavy atom. The predicted molar refractivity (Wildman–Crippen MR) is 99.9 cm³/mol. The van der Waals surface area contributed by atoms with Crippen LogP contribution in [0.15, 0.2) is 42.5 Å². The van der Waals surface area contributed by atoms with E-state index in [0.717, 1.165) is 52.5 Å². The Morgan fingerprint density at radius 1 is 0.708 bits per heavy atom. The minimum absolute atomic E-state index is 0.898. The average molecular weight is 325 g/mol. The normalized spacial score (nSPS) is 20.6. The summed E-state index contributed by atoms with van der Waals surface area (Å²) in [7, 11) is 0. The molecule has 0 N–H and O–H groups in total. The van der Waals surface area contributed by atoms with Crippen LogP contribution in [0.1, 0.15) is 0 Å². The molecule has 4 nitrogen and oxygen atoms in total. The van der Waals surface area contributed by atoms with Crippen LogP contribution in [0.3, 0.4) is 0 Å². The lowest BCUT2D eigenvalue weighted by molar-refractivity contribution is 0.0331. The van der Waals surface area contributed by atoms with Gasteiger partial charge in [0.1, 0.15) is 0 Å². The van der Waals surface area contributed by atoms with Crippen LogP contribution in [0.2, 0.25) is 0 Å². The van der Waals surface area contributed by atoms with E-state index in [1.807, 2.05) is 0 Å². The fraction of sp³-hybridized carbons (Fsp3) is 0.500. The van der Waals surface area contributed by atoms with Gasteiger partial charge in [-0.1, -0.05) is 36.4 Å². The summed E-state index contributed by atoms with van der Waals surface area (Å²) in [5, 5.41) is 2.71. The van der Waals surface area contributed by atoms with E-state index in [1.54, 1.807) is 0 Å². The molecular weight excluding hydrogens is 298 g/mol. The summed E-state index contributed by atoms with van der Waals surface area (Å²) in [5.41, 5.74) is 1.39. The minimum Gasteiger partial charge on any atom is -0.379 e. The maximum absolute atomic E-state index is 5.43. The van der Waals surface area contributed by atoms with Crippen molar-refractivity contribution < 1.29 is 4.74 Å². The molecule has 0 aromatic heterocycles. The van der Waals surface area contributed by atoms with Crippen molar-refractivity contribution in [1.29, 1.82) is 0 Å². The smallest absolute Gasteiger partial charge is 0.0594 e. The maximum atomic E-state index is 5.43. The van der Waals surface area contributed by atoms with Crippen molar-refractivity contribution in [3.63, 3.8) is 0 Å². The maximum Gasteiger partial charge on any atom is 0.0594 e. The van der Waals surface area contributed by atoms with Crippen molar-refractivity contribution in [2.75, 3.05) is 70.5 Å². The third-order valence-corrected chi connectivity index (χ3v) is 5.32. The van der Waals surface area contributed by atoms with Crippen molar-refractivity contribution in [2.24, 2.45) is 0 Å². The van der Waals surface area contributed by atoms with Crippen molar-refractivity contribution in [3.8, 4) is 0 Å². The molecule has 2 aliphatic rings. The number of anilines is 1. The fourth-order valence-corrected chi connectivity index (χ4v) is 3.80. The highest BCUT2D eigenvalue weighted by Crippen LogP contribution is 2.27. The van der Waals surface area contributed by atoms with Gasteiger partial charge in [-0.05, 0) is 11.5 Å². The van der Waals surface area contributed by atoms with E-state index in [9.17, 15) is 0 Å². The molecule has 24 heavy (non-hydrogen) atoms. The van der Waals surface area contributed by atoms with Crippen LogP contribution >= 0.6 is 0 Å². The van der Waals surface area contributed by atoms with Gasteiger partial charge >= 0.3 is 0 Å². The highest BCUT2D eigenvalue weighted by Gasteiger charge is 2.19. The molecule has 0 saturated carbocycles. The number of fused-ring (bicyclic) bond motifs is 1. The van der Waals surface area contributed by atoms with Gasteiger partial charge in [-0.2, -0.15) is 0 Å². The Morgan fingerprint density at radius 2 is 1.38 bits per heavy atom. The van der Waals surface area contributed by atoms with E-state index in [0.29, 0.717) is 0 Å². The molecule has 0 unspecified atom stereocenters. The zero-order valence-electron chi connectivity index (χ0n) is 14.4. The molecule has 2 aromatic carbocycles. The summed E-state index contributed by atoms with van der Waals surface area (Å²) in [6, 6.07) is 15.4. The molecule has 0 spiro atoms. The SMILES string of the molecule is c1ccc2c(N3CCN(CCN4CCOCC4)CC3)cccc2c1. The summed E-state index contributed by atoms with van der Waals surface area (Å²) in [4.78, 5) is 7.69. The second-order valence-electron chi connectivity index (χ2n) is 6.78. The molecule has 128 valence electrons. The summed E-state index contributed by atoms with van der Waals surface area (Å²) in [6.07, 6.45) is 0. The second-order valence-corrected chi connectivity index (χ2v) is 6.78. The Hall–Kier alpha value is -1.62. The Balaban J connectivity index is 1.34. The molecule has 2 saturated heterocycles. The van der Waals surface area contributed by atoms with Gasteiger partial charge in [0.05, 0.1) is 13.2 Å². The van der Waals surface area contributed by atoms with Crippen molar-refractivity contribution in [3.05, 3.63) is 42.5 Å². The largest absolute Gasteiger partial charge is 0.379 e. The molecule has 0 radical (unpaired) electrons. The first-order valence-corrected chi connectivity index (χ1v) is 9.15. The molecule has 2 aliphatic heterocycles. The third kappa shape index (κ3) is 3.56. The number of nitrogens with zero attached hydrogens (tertiary/aromatic N) is 3. The molecule has 2 fully saturated rings. The van der Waals surface area contributed by atoms with Gasteiger partial charge in [0.15, 0.2) is 0 Å². The first-order chi connectivity index (χ1) is 11.9. The Labute approximate surface area is 144 Å². The summed E-state index contributed by atoms with van der Waals surface area (Å²) < 4.78 is 5.43. The van der Waals surface area contributed by atoms with Gasteiger partial charge < -0.3 is 9.64 Å². The highest BCUT2D eigenvalue weighted by molar-refractivity contribution is 5.94.